The average molecular weight is 300 g/mol. The summed E-state index contributed by atoms with van der Waals surface area (Å²) in [6.07, 6.45) is 0. The highest BCUT2D eigenvalue weighted by molar-refractivity contribution is 9.10. The molecule has 0 radical (unpaired) electrons. The minimum atomic E-state index is -1.08. The van der Waals surface area contributed by atoms with E-state index < -0.39 is 12.0 Å². The molecule has 17 heavy (non-hydrogen) atoms. The Morgan fingerprint density at radius 3 is 2.82 bits per heavy atom. The largest absolute Gasteiger partial charge is 0.488 e. The first-order valence-electron chi connectivity index (χ1n) is 4.97. The molecule has 0 spiro atoms. The molecular weight excluding hydrogens is 286 g/mol. The number of ether oxygens (including phenoxy) is 1. The molecule has 0 aliphatic heterocycles. The highest BCUT2D eigenvalue weighted by Crippen LogP contribution is 2.31. The maximum atomic E-state index is 10.8. The van der Waals surface area contributed by atoms with E-state index in [1.165, 1.54) is 0 Å². The number of carboxylic acids is 1. The summed E-state index contributed by atoms with van der Waals surface area (Å²) in [6, 6.07) is 4.02. The van der Waals surface area contributed by atoms with Gasteiger partial charge in [0, 0.05) is 0 Å². The van der Waals surface area contributed by atoms with Crippen LogP contribution < -0.4 is 10.5 Å². The zero-order valence-electron chi connectivity index (χ0n) is 9.44. The molecule has 0 saturated carbocycles. The van der Waals surface area contributed by atoms with Gasteiger partial charge in [0.25, 0.3) is 0 Å². The Balaban J connectivity index is 2.98. The molecule has 4 nitrogen and oxygen atoms in total. The second-order valence-corrected chi connectivity index (χ2v) is 4.51. The van der Waals surface area contributed by atoms with Crippen LogP contribution in [0.3, 0.4) is 0 Å². The van der Waals surface area contributed by atoms with Crippen LogP contribution in [0.2, 0.25) is 0 Å². The molecule has 0 saturated heterocycles. The van der Waals surface area contributed by atoms with Crippen LogP contribution in [0.15, 0.2) is 34.8 Å². The summed E-state index contributed by atoms with van der Waals surface area (Å²) in [4.78, 5) is 10.8. The lowest BCUT2D eigenvalue weighted by Crippen LogP contribution is -2.21. The van der Waals surface area contributed by atoms with Crippen molar-refractivity contribution >= 4 is 21.9 Å². The number of hydrogen-bond acceptors (Lipinski definition) is 3. The van der Waals surface area contributed by atoms with E-state index in [0.29, 0.717) is 22.4 Å². The molecule has 1 unspecified atom stereocenters. The monoisotopic (exact) mass is 299 g/mol. The van der Waals surface area contributed by atoms with Gasteiger partial charge in [-0.1, -0.05) is 18.7 Å². The predicted molar refractivity (Wildman–Crippen MR) is 69.0 cm³/mol. The van der Waals surface area contributed by atoms with Crippen molar-refractivity contribution in [2.75, 3.05) is 6.61 Å². The third-order valence-corrected chi connectivity index (χ3v) is 2.92. The van der Waals surface area contributed by atoms with Gasteiger partial charge in [0.15, 0.2) is 0 Å². The first-order valence-corrected chi connectivity index (χ1v) is 5.76. The summed E-state index contributed by atoms with van der Waals surface area (Å²) in [5.74, 6) is -0.523. The molecule has 0 aromatic heterocycles. The van der Waals surface area contributed by atoms with Gasteiger partial charge in [-0.2, -0.15) is 0 Å². The van der Waals surface area contributed by atoms with Gasteiger partial charge < -0.3 is 15.6 Å². The van der Waals surface area contributed by atoms with E-state index in [1.54, 1.807) is 18.2 Å². The van der Waals surface area contributed by atoms with Crippen molar-refractivity contribution in [3.63, 3.8) is 0 Å². The van der Waals surface area contributed by atoms with Gasteiger partial charge >= 0.3 is 5.97 Å². The van der Waals surface area contributed by atoms with E-state index in [2.05, 4.69) is 22.5 Å². The Hall–Kier alpha value is -1.33. The molecule has 0 amide bonds. The number of hydrogen-bond donors (Lipinski definition) is 2. The number of nitrogens with two attached hydrogens (primary N) is 1. The van der Waals surface area contributed by atoms with E-state index in [9.17, 15) is 4.79 Å². The molecule has 0 fully saturated rings. The Morgan fingerprint density at radius 1 is 1.65 bits per heavy atom. The van der Waals surface area contributed by atoms with Crippen molar-refractivity contribution in [1.82, 2.24) is 0 Å². The fourth-order valence-corrected chi connectivity index (χ4v) is 1.84. The van der Waals surface area contributed by atoms with E-state index >= 15 is 0 Å². The standard InChI is InChI=1S/C12H14BrNO3/c1-7(2)6-17-9-5-3-4-8(10(9)13)11(14)12(15)16/h3-5,11H,1,6,14H2,2H3,(H,15,16). The van der Waals surface area contributed by atoms with Gasteiger partial charge in [-0.3, -0.25) is 4.79 Å². The third kappa shape index (κ3) is 3.57. The average Bonchev–Trinajstić information content (AvgIpc) is 2.26. The molecule has 5 heteroatoms. The maximum Gasteiger partial charge on any atom is 0.325 e. The molecule has 0 aliphatic rings. The lowest BCUT2D eigenvalue weighted by Gasteiger charge is -2.13. The second-order valence-electron chi connectivity index (χ2n) is 3.72. The number of rotatable bonds is 5. The zero-order chi connectivity index (χ0) is 13.0. The fraction of sp³-hybridized carbons (Fsp3) is 0.250. The van der Waals surface area contributed by atoms with Crippen LogP contribution in [-0.4, -0.2) is 17.7 Å². The first kappa shape index (κ1) is 13.7. The smallest absolute Gasteiger partial charge is 0.325 e. The van der Waals surface area contributed by atoms with Crippen LogP contribution in [0, 0.1) is 0 Å². The van der Waals surface area contributed by atoms with Crippen molar-refractivity contribution in [3.05, 3.63) is 40.4 Å². The lowest BCUT2D eigenvalue weighted by molar-refractivity contribution is -0.138. The van der Waals surface area contributed by atoms with Gasteiger partial charge in [-0.25, -0.2) is 0 Å². The summed E-state index contributed by atoms with van der Waals surface area (Å²) in [6.45, 7) is 5.95. The van der Waals surface area contributed by atoms with Crippen molar-refractivity contribution in [2.45, 2.75) is 13.0 Å². The van der Waals surface area contributed by atoms with Crippen LogP contribution >= 0.6 is 15.9 Å². The summed E-state index contributed by atoms with van der Waals surface area (Å²) in [5, 5.41) is 8.87. The van der Waals surface area contributed by atoms with Crippen LogP contribution in [-0.2, 0) is 4.79 Å². The Bertz CT molecular complexity index is 445. The quantitative estimate of drug-likeness (QED) is 0.819. The van der Waals surface area contributed by atoms with Crippen molar-refractivity contribution in [3.8, 4) is 5.75 Å². The number of halogens is 1. The molecule has 1 rings (SSSR count). The van der Waals surface area contributed by atoms with E-state index in [0.717, 1.165) is 5.57 Å². The molecule has 3 N–H and O–H groups in total. The van der Waals surface area contributed by atoms with Crippen molar-refractivity contribution < 1.29 is 14.6 Å². The number of carboxylic acid groups (broad SMARTS) is 1. The van der Waals surface area contributed by atoms with Crippen LogP contribution in [0.25, 0.3) is 0 Å². The summed E-state index contributed by atoms with van der Waals surface area (Å²) >= 11 is 3.30. The summed E-state index contributed by atoms with van der Waals surface area (Å²) < 4.78 is 6.04. The third-order valence-electron chi connectivity index (χ3n) is 2.07. The second kappa shape index (κ2) is 5.84. The van der Waals surface area contributed by atoms with Crippen LogP contribution in [0.1, 0.15) is 18.5 Å². The SMILES string of the molecule is C=C(C)COc1cccc(C(N)C(=O)O)c1Br. The molecule has 1 atom stereocenters. The van der Waals surface area contributed by atoms with Gasteiger partial charge in [0.05, 0.1) is 4.47 Å². The molecule has 92 valence electrons. The molecule has 0 heterocycles. The Morgan fingerprint density at radius 2 is 2.29 bits per heavy atom. The van der Waals surface area contributed by atoms with Crippen LogP contribution in [0.4, 0.5) is 0 Å². The van der Waals surface area contributed by atoms with Crippen molar-refractivity contribution in [2.24, 2.45) is 5.73 Å². The van der Waals surface area contributed by atoms with E-state index in [4.69, 9.17) is 15.6 Å². The van der Waals surface area contributed by atoms with Gasteiger partial charge in [-0.05, 0) is 40.1 Å². The van der Waals surface area contributed by atoms with Gasteiger partial charge in [0.1, 0.15) is 18.4 Å². The van der Waals surface area contributed by atoms with Crippen molar-refractivity contribution in [1.29, 1.82) is 0 Å². The topological polar surface area (TPSA) is 72.5 Å². The fourth-order valence-electron chi connectivity index (χ4n) is 1.21. The Labute approximate surface area is 108 Å². The maximum absolute atomic E-state index is 10.8. The molecule has 1 aromatic rings. The van der Waals surface area contributed by atoms with Gasteiger partial charge in [-0.15, -0.1) is 0 Å². The number of aliphatic carboxylic acids is 1. The first-order chi connectivity index (χ1) is 7.93. The highest BCUT2D eigenvalue weighted by Gasteiger charge is 2.19. The number of benzene rings is 1. The van der Waals surface area contributed by atoms with E-state index in [1.807, 2.05) is 6.92 Å². The normalized spacial score (nSPS) is 11.9. The van der Waals surface area contributed by atoms with E-state index in [-0.39, 0.29) is 0 Å². The molecule has 0 aliphatic carbocycles. The zero-order valence-corrected chi connectivity index (χ0v) is 11.0. The Kier molecular flexibility index (Phi) is 4.72. The molecule has 0 bridgehead atoms. The molecule has 1 aromatic carbocycles. The molecular formula is C12H14BrNO3. The summed E-state index contributed by atoms with van der Waals surface area (Å²) in [7, 11) is 0. The predicted octanol–water partition coefficient (Wildman–Crippen LogP) is 2.49. The van der Waals surface area contributed by atoms with Crippen LogP contribution in [0.5, 0.6) is 5.75 Å². The lowest BCUT2D eigenvalue weighted by atomic mass is 10.1. The number of carbonyl (C=O) groups is 1. The van der Waals surface area contributed by atoms with Gasteiger partial charge in [0.2, 0.25) is 0 Å². The minimum Gasteiger partial charge on any atom is -0.488 e. The minimum absolute atomic E-state index is 0.379. The highest BCUT2D eigenvalue weighted by atomic mass is 79.9. The summed E-state index contributed by atoms with van der Waals surface area (Å²) in [5.41, 5.74) is 6.92.